The fraction of sp³-hybridized carbons (Fsp3) is 0.0833. The van der Waals surface area contributed by atoms with E-state index in [9.17, 15) is 9.59 Å². The molecule has 2 aromatic carbocycles. The molecule has 0 radical (unpaired) electrons. The number of nitrogens with zero attached hydrogens (tertiary/aromatic N) is 2. The van der Waals surface area contributed by atoms with Gasteiger partial charge in [-0.3, -0.25) is 0 Å². The van der Waals surface area contributed by atoms with Crippen molar-refractivity contribution in [2.24, 2.45) is 0 Å². The molecule has 1 unspecified atom stereocenters. The van der Waals surface area contributed by atoms with E-state index in [-0.39, 0.29) is 11.8 Å². The highest BCUT2D eigenvalue weighted by molar-refractivity contribution is 5.80. The Bertz CT molecular complexity index is 1510. The quantitative estimate of drug-likeness (QED) is 0.506. The van der Waals surface area contributed by atoms with Crippen LogP contribution in [0.1, 0.15) is 18.7 Å². The van der Waals surface area contributed by atoms with Gasteiger partial charge in [-0.05, 0) is 37.3 Å². The summed E-state index contributed by atoms with van der Waals surface area (Å²) in [5, 5.41) is 0.870. The predicted molar refractivity (Wildman–Crippen MR) is 114 cm³/mol. The van der Waals surface area contributed by atoms with Gasteiger partial charge >= 0.3 is 11.3 Å². The lowest BCUT2D eigenvalue weighted by Crippen LogP contribution is -2.20. The molecule has 4 aromatic rings. The van der Waals surface area contributed by atoms with Gasteiger partial charge in [0.1, 0.15) is 0 Å². The Kier molecular flexibility index (Phi) is 4.06. The van der Waals surface area contributed by atoms with Crippen molar-refractivity contribution in [3.05, 3.63) is 112 Å². The SMILES string of the molecule is CC1(c2nc3ccccc3c(=O)o2)C=CC=C(c2nc3ccccc3c(=O)o2)C=C1. The van der Waals surface area contributed by atoms with Gasteiger partial charge in [-0.25, -0.2) is 19.6 Å². The van der Waals surface area contributed by atoms with Crippen molar-refractivity contribution in [3.63, 3.8) is 0 Å². The van der Waals surface area contributed by atoms with Gasteiger partial charge in [0.25, 0.3) is 0 Å². The molecule has 1 aliphatic rings. The van der Waals surface area contributed by atoms with E-state index in [2.05, 4.69) is 9.97 Å². The van der Waals surface area contributed by atoms with Crippen molar-refractivity contribution in [3.8, 4) is 0 Å². The van der Waals surface area contributed by atoms with Gasteiger partial charge in [0.15, 0.2) is 0 Å². The van der Waals surface area contributed by atoms with Gasteiger partial charge in [0.2, 0.25) is 11.8 Å². The molecule has 6 heteroatoms. The molecule has 6 nitrogen and oxygen atoms in total. The molecule has 0 N–H and O–H groups in total. The second-order valence-electron chi connectivity index (χ2n) is 7.24. The molecule has 2 aromatic heterocycles. The number of para-hydroxylation sites is 2. The van der Waals surface area contributed by atoms with Gasteiger partial charge in [-0.15, -0.1) is 0 Å². The Morgan fingerprint density at radius 3 is 2.17 bits per heavy atom. The molecule has 0 bridgehead atoms. The van der Waals surface area contributed by atoms with E-state index in [4.69, 9.17) is 8.83 Å². The number of fused-ring (bicyclic) bond motifs is 2. The second kappa shape index (κ2) is 6.77. The topological polar surface area (TPSA) is 86.2 Å². The predicted octanol–water partition coefficient (Wildman–Crippen LogP) is 4.16. The van der Waals surface area contributed by atoms with E-state index >= 15 is 0 Å². The maximum absolute atomic E-state index is 12.4. The second-order valence-corrected chi connectivity index (χ2v) is 7.24. The third kappa shape index (κ3) is 2.99. The molecule has 146 valence electrons. The lowest BCUT2D eigenvalue weighted by molar-refractivity contribution is 0.402. The van der Waals surface area contributed by atoms with E-state index in [0.29, 0.717) is 27.4 Å². The summed E-state index contributed by atoms with van der Waals surface area (Å²) in [7, 11) is 0. The van der Waals surface area contributed by atoms with Crippen LogP contribution in [0.4, 0.5) is 0 Å². The summed E-state index contributed by atoms with van der Waals surface area (Å²) in [6.07, 6.45) is 9.11. The monoisotopic (exact) mass is 396 g/mol. The third-order valence-corrected chi connectivity index (χ3v) is 5.11. The Hall–Kier alpha value is -4.06. The molecule has 0 saturated heterocycles. The Balaban J connectivity index is 1.58. The van der Waals surface area contributed by atoms with Gasteiger partial charge < -0.3 is 8.83 Å². The third-order valence-electron chi connectivity index (χ3n) is 5.11. The summed E-state index contributed by atoms with van der Waals surface area (Å²) in [6, 6.07) is 14.1. The fourth-order valence-corrected chi connectivity index (χ4v) is 3.40. The molecular formula is C24H16N2O4. The molecule has 0 fully saturated rings. The molecule has 0 saturated carbocycles. The summed E-state index contributed by atoms with van der Waals surface area (Å²) >= 11 is 0. The summed E-state index contributed by atoms with van der Waals surface area (Å²) in [5.41, 5.74) is 0.128. The van der Waals surface area contributed by atoms with Crippen molar-refractivity contribution < 1.29 is 8.83 Å². The summed E-state index contributed by atoms with van der Waals surface area (Å²) in [5.74, 6) is 0.498. The van der Waals surface area contributed by atoms with Crippen molar-refractivity contribution in [1.29, 1.82) is 0 Å². The van der Waals surface area contributed by atoms with E-state index in [1.807, 2.05) is 37.3 Å². The van der Waals surface area contributed by atoms with Gasteiger partial charge in [-0.2, -0.15) is 0 Å². The molecule has 0 aliphatic heterocycles. The van der Waals surface area contributed by atoms with Gasteiger partial charge in [-0.1, -0.05) is 48.6 Å². The van der Waals surface area contributed by atoms with Crippen molar-refractivity contribution in [2.75, 3.05) is 0 Å². The molecule has 1 atom stereocenters. The molecule has 1 aliphatic carbocycles. The number of rotatable bonds is 2. The van der Waals surface area contributed by atoms with Crippen LogP contribution in [0.3, 0.4) is 0 Å². The fourth-order valence-electron chi connectivity index (χ4n) is 3.40. The minimum atomic E-state index is -0.765. The van der Waals surface area contributed by atoms with Crippen LogP contribution in [0.25, 0.3) is 27.4 Å². The van der Waals surface area contributed by atoms with Gasteiger partial charge in [0.05, 0.1) is 27.2 Å². The van der Waals surface area contributed by atoms with Gasteiger partial charge in [0, 0.05) is 5.57 Å². The minimum absolute atomic E-state index is 0.219. The molecule has 0 spiro atoms. The van der Waals surface area contributed by atoms with E-state index in [1.54, 1.807) is 48.6 Å². The highest BCUT2D eigenvalue weighted by Gasteiger charge is 2.27. The first-order valence-electron chi connectivity index (χ1n) is 9.43. The molecule has 2 heterocycles. The highest BCUT2D eigenvalue weighted by Crippen LogP contribution is 2.30. The zero-order valence-corrected chi connectivity index (χ0v) is 16.0. The van der Waals surface area contributed by atoms with Crippen LogP contribution in [0.5, 0.6) is 0 Å². The van der Waals surface area contributed by atoms with E-state index < -0.39 is 16.7 Å². The maximum Gasteiger partial charge on any atom is 0.347 e. The first-order chi connectivity index (χ1) is 14.5. The molecule has 5 rings (SSSR count). The van der Waals surface area contributed by atoms with Crippen molar-refractivity contribution in [1.82, 2.24) is 9.97 Å². The zero-order valence-electron chi connectivity index (χ0n) is 16.0. The zero-order chi connectivity index (χ0) is 20.7. The normalized spacial score (nSPS) is 18.5. The van der Waals surface area contributed by atoms with Crippen molar-refractivity contribution >= 4 is 27.4 Å². The number of aromatic nitrogens is 2. The number of hydrogen-bond acceptors (Lipinski definition) is 6. The lowest BCUT2D eigenvalue weighted by Gasteiger charge is -2.18. The summed E-state index contributed by atoms with van der Waals surface area (Å²) < 4.78 is 11.0. The Morgan fingerprint density at radius 2 is 1.43 bits per heavy atom. The van der Waals surface area contributed by atoms with Crippen LogP contribution in [0, 0.1) is 0 Å². The van der Waals surface area contributed by atoms with Crippen LogP contribution < -0.4 is 11.3 Å². The number of allylic oxidation sites excluding steroid dienone is 6. The van der Waals surface area contributed by atoms with E-state index in [1.165, 1.54) is 0 Å². The first kappa shape index (κ1) is 18.0. The first-order valence-corrected chi connectivity index (χ1v) is 9.43. The highest BCUT2D eigenvalue weighted by atomic mass is 16.4. The summed E-state index contributed by atoms with van der Waals surface area (Å²) in [6.45, 7) is 1.89. The Morgan fingerprint density at radius 1 is 0.800 bits per heavy atom. The average Bonchev–Trinajstić information content (AvgIpc) is 2.96. The molecular weight excluding hydrogens is 380 g/mol. The molecule has 30 heavy (non-hydrogen) atoms. The number of benzene rings is 2. The lowest BCUT2D eigenvalue weighted by atomic mass is 9.89. The van der Waals surface area contributed by atoms with E-state index in [0.717, 1.165) is 0 Å². The summed E-state index contributed by atoms with van der Waals surface area (Å²) in [4.78, 5) is 33.7. The van der Waals surface area contributed by atoms with Crippen LogP contribution in [0.2, 0.25) is 0 Å². The Labute approximate surface area is 170 Å². The standard InChI is InChI=1S/C24H16N2O4/c1-24(23-26-19-11-5-3-9-17(19)22(28)30-23)13-6-7-15(12-14-24)20-25-18-10-4-2-8-16(18)21(27)29-20/h2-14H,1H3. The number of hydrogen-bond donors (Lipinski definition) is 0. The smallest absolute Gasteiger partial charge is 0.347 e. The molecule has 0 amide bonds. The average molecular weight is 396 g/mol. The maximum atomic E-state index is 12.4. The van der Waals surface area contributed by atoms with Crippen LogP contribution >= 0.6 is 0 Å². The minimum Gasteiger partial charge on any atom is -0.407 e. The van der Waals surface area contributed by atoms with Crippen LogP contribution in [-0.4, -0.2) is 9.97 Å². The largest absolute Gasteiger partial charge is 0.407 e. The van der Waals surface area contributed by atoms with Crippen LogP contribution in [-0.2, 0) is 5.41 Å². The van der Waals surface area contributed by atoms with Crippen LogP contribution in [0.15, 0.2) is 97.3 Å². The van der Waals surface area contributed by atoms with Crippen molar-refractivity contribution in [2.45, 2.75) is 12.3 Å².